The number of aryl methyl sites for hydroxylation is 2. The molecule has 3 aromatic heterocycles. The van der Waals surface area contributed by atoms with Crippen molar-refractivity contribution in [1.29, 1.82) is 0 Å². The van der Waals surface area contributed by atoms with Gasteiger partial charge in [0.2, 0.25) is 0 Å². The van der Waals surface area contributed by atoms with Crippen LogP contribution in [0.5, 0.6) is 11.5 Å². The first-order chi connectivity index (χ1) is 19.0. The van der Waals surface area contributed by atoms with E-state index in [0.717, 1.165) is 48.9 Å². The molecule has 4 heterocycles. The van der Waals surface area contributed by atoms with Crippen LogP contribution in [0, 0.1) is 22.9 Å². The summed E-state index contributed by atoms with van der Waals surface area (Å²) in [6.07, 6.45) is 3.67. The summed E-state index contributed by atoms with van der Waals surface area (Å²) in [4.78, 5) is 6.83. The van der Waals surface area contributed by atoms with Gasteiger partial charge in [-0.1, -0.05) is 0 Å². The Hall–Kier alpha value is -4.16. The Labute approximate surface area is 237 Å². The van der Waals surface area contributed by atoms with Crippen LogP contribution in [0.3, 0.4) is 0 Å². The molecular weight excluding hydrogens is 666 g/mol. The van der Waals surface area contributed by atoms with E-state index in [0.29, 0.717) is 11.5 Å². The van der Waals surface area contributed by atoms with E-state index in [1.807, 2.05) is 53.4 Å². The van der Waals surface area contributed by atoms with E-state index in [4.69, 9.17) is 4.74 Å². The third-order valence-electron chi connectivity index (χ3n) is 7.09. The Morgan fingerprint density at radius 2 is 1.72 bits per heavy atom. The van der Waals surface area contributed by atoms with Crippen molar-refractivity contribution in [3.63, 3.8) is 0 Å². The topological polar surface area (TPSA) is 53.0 Å². The number of ether oxygens (including phenoxy) is 1. The minimum absolute atomic E-state index is 0.0805. The second kappa shape index (κ2) is 9.24. The molecule has 7 nitrogen and oxygen atoms in total. The molecule has 3 aromatic carbocycles. The number of anilines is 2. The number of pyridine rings is 1. The van der Waals surface area contributed by atoms with Crippen molar-refractivity contribution < 1.29 is 24.1 Å². The van der Waals surface area contributed by atoms with Crippen molar-refractivity contribution >= 4 is 29.5 Å². The fourth-order valence-corrected chi connectivity index (χ4v) is 6.06. The van der Waals surface area contributed by atoms with Crippen LogP contribution in [0.25, 0.3) is 28.0 Å². The molecule has 0 atom stereocenters. The molecular formula is C30H23BN6OPt-2. The van der Waals surface area contributed by atoms with Crippen molar-refractivity contribution in [2.24, 2.45) is 7.05 Å². The van der Waals surface area contributed by atoms with Crippen LogP contribution in [0.1, 0.15) is 5.56 Å². The van der Waals surface area contributed by atoms with E-state index in [-0.39, 0.29) is 6.98 Å². The molecule has 1 aliphatic rings. The van der Waals surface area contributed by atoms with Gasteiger partial charge in [0, 0.05) is 12.4 Å². The maximum absolute atomic E-state index is 6.37. The van der Waals surface area contributed by atoms with Crippen LogP contribution < -0.4 is 9.55 Å². The van der Waals surface area contributed by atoms with Gasteiger partial charge in [0.1, 0.15) is 0 Å². The fraction of sp³-hybridized carbons (Fsp3) is 0.100. The normalized spacial score (nSPS) is 12.5. The summed E-state index contributed by atoms with van der Waals surface area (Å²) < 4.78 is 13.8. The van der Waals surface area contributed by atoms with Gasteiger partial charge in [0.15, 0.2) is 0 Å². The molecule has 0 amide bonds. The Morgan fingerprint density at radius 3 is 2.56 bits per heavy atom. The van der Waals surface area contributed by atoms with Gasteiger partial charge in [0.25, 0.3) is 0 Å². The molecule has 7 rings (SSSR count). The maximum atomic E-state index is 6.37. The second-order valence-electron chi connectivity index (χ2n) is 9.57. The molecule has 0 saturated carbocycles. The minimum atomic E-state index is -0.0805. The molecule has 9 heteroatoms. The number of hydrogen-bond donors (Lipinski definition) is 0. The first kappa shape index (κ1) is 23.9. The van der Waals surface area contributed by atoms with Gasteiger partial charge >= 0.3 is 202 Å². The molecule has 0 bridgehead atoms. The third kappa shape index (κ3) is 3.90. The summed E-state index contributed by atoms with van der Waals surface area (Å²) in [5.74, 6) is 2.07. The Balaban J connectivity index is 1.30. The molecule has 0 spiro atoms. The number of rotatable bonds is 4. The summed E-state index contributed by atoms with van der Waals surface area (Å²) in [6, 6.07) is 31.5. The predicted octanol–water partition coefficient (Wildman–Crippen LogP) is 6.13. The second-order valence-corrected chi connectivity index (χ2v) is 10.6. The summed E-state index contributed by atoms with van der Waals surface area (Å²) in [5.41, 5.74) is 7.30. The number of aromatic nitrogens is 5. The smallest absolute Gasteiger partial charge is 0.193 e. The summed E-state index contributed by atoms with van der Waals surface area (Å²) in [7, 11) is 2.07. The van der Waals surface area contributed by atoms with Gasteiger partial charge in [-0.3, -0.25) is 0 Å². The van der Waals surface area contributed by atoms with Crippen molar-refractivity contribution in [3.05, 3.63) is 107 Å². The van der Waals surface area contributed by atoms with Crippen molar-refractivity contribution in [3.8, 4) is 28.4 Å². The van der Waals surface area contributed by atoms with Crippen LogP contribution in [-0.4, -0.2) is 30.8 Å². The van der Waals surface area contributed by atoms with Crippen LogP contribution in [0.4, 0.5) is 11.5 Å². The predicted molar refractivity (Wildman–Crippen MR) is 149 cm³/mol. The van der Waals surface area contributed by atoms with Crippen LogP contribution >= 0.6 is 0 Å². The summed E-state index contributed by atoms with van der Waals surface area (Å²) in [6.45, 7) is 4.11. The Morgan fingerprint density at radius 1 is 0.897 bits per heavy atom. The molecule has 1 aliphatic heterocycles. The van der Waals surface area contributed by atoms with E-state index in [1.54, 1.807) is 0 Å². The zero-order valence-corrected chi connectivity index (χ0v) is 23.8. The monoisotopic (exact) mass is 689 g/mol. The van der Waals surface area contributed by atoms with Crippen molar-refractivity contribution in [1.82, 2.24) is 23.8 Å². The van der Waals surface area contributed by atoms with E-state index in [1.165, 1.54) is 0 Å². The van der Waals surface area contributed by atoms with Gasteiger partial charge in [-0.25, -0.2) is 0 Å². The summed E-state index contributed by atoms with van der Waals surface area (Å²) in [5, 5.41) is 4.59. The number of benzene rings is 3. The first-order valence-electron chi connectivity index (χ1n) is 12.6. The van der Waals surface area contributed by atoms with Crippen molar-refractivity contribution in [2.75, 3.05) is 4.81 Å². The van der Waals surface area contributed by atoms with E-state index >= 15 is 0 Å². The average Bonchev–Trinajstić information content (AvgIpc) is 3.53. The zero-order chi connectivity index (χ0) is 26.7. The number of para-hydroxylation sites is 2. The molecule has 194 valence electrons. The molecule has 39 heavy (non-hydrogen) atoms. The van der Waals surface area contributed by atoms with Gasteiger partial charge in [-0.2, -0.15) is 5.10 Å². The molecule has 0 unspecified atom stereocenters. The zero-order valence-electron chi connectivity index (χ0n) is 21.6. The molecule has 6 aromatic rings. The number of nitrogens with zero attached hydrogens (tertiary/aromatic N) is 6. The van der Waals surface area contributed by atoms with E-state index in [2.05, 4.69) is 113 Å². The van der Waals surface area contributed by atoms with Crippen LogP contribution in [0.15, 0.2) is 85.2 Å². The van der Waals surface area contributed by atoms with E-state index < -0.39 is 0 Å². The third-order valence-corrected chi connectivity index (χ3v) is 8.36. The minimum Gasteiger partial charge on any atom is -0.193 e. The number of imidazole rings is 1. The van der Waals surface area contributed by atoms with Gasteiger partial charge in [0.05, 0.1) is 0 Å². The average molecular weight is 689 g/mol. The molecule has 0 fully saturated rings. The molecule has 0 saturated heterocycles. The number of fused-ring (bicyclic) bond motifs is 4. The van der Waals surface area contributed by atoms with E-state index in [9.17, 15) is 0 Å². The van der Waals surface area contributed by atoms with Crippen LogP contribution in [-0.2, 0) is 26.4 Å². The molecule has 0 aliphatic carbocycles. The SMILES string of the molecule is CB1N(c2cc(C)ccn2)c2[c-]c(Oc3[c-]c(-n4[c](=[Pt])n(C)c5ccccc54)ccc3)ccc2-c2ccnn21. The van der Waals surface area contributed by atoms with Crippen LogP contribution in [0.2, 0.25) is 6.82 Å². The fourth-order valence-electron chi connectivity index (χ4n) is 5.24. The standard InChI is InChI=1S/C30H23BN6O.Pt/c1-21-13-15-32-30(17-21)36-29-19-24(11-12-25(29)26-14-16-33-37(26)31(36)2)38-23-8-6-7-22(18-23)35-20-34(3)27-9-4-5-10-28(27)35;/h4-17H,1-3H3;/q-2;. The van der Waals surface area contributed by atoms with Gasteiger partial charge in [-0.05, 0) is 18.6 Å². The summed E-state index contributed by atoms with van der Waals surface area (Å²) >= 11 is 2.35. The molecule has 0 radical (unpaired) electrons. The first-order valence-corrected chi connectivity index (χ1v) is 13.8. The quantitative estimate of drug-likeness (QED) is 0.165. The Kier molecular flexibility index (Phi) is 5.67. The van der Waals surface area contributed by atoms with Gasteiger partial charge < -0.3 is 0 Å². The van der Waals surface area contributed by atoms with Gasteiger partial charge in [-0.15, -0.1) is 0 Å². The Bertz CT molecular complexity index is 1940. The number of hydrogen-bond acceptors (Lipinski definition) is 4. The molecule has 0 N–H and O–H groups in total. The van der Waals surface area contributed by atoms with Crippen molar-refractivity contribution in [2.45, 2.75) is 13.7 Å².